The fourth-order valence-electron chi connectivity index (χ4n) is 7.80. The summed E-state index contributed by atoms with van der Waals surface area (Å²) in [5, 5.41) is 46.4. The fraction of sp³-hybridized carbons (Fsp3) is 0.594. The number of rotatable bonds is 4. The lowest BCUT2D eigenvalue weighted by Crippen LogP contribution is -2.67. The van der Waals surface area contributed by atoms with Crippen molar-refractivity contribution in [2.75, 3.05) is 0 Å². The van der Waals surface area contributed by atoms with Crippen LogP contribution in [-0.4, -0.2) is 43.4 Å². The summed E-state index contributed by atoms with van der Waals surface area (Å²) in [7, 11) is 0. The third kappa shape index (κ3) is 3.91. The Morgan fingerprint density at radius 3 is 2.15 bits per heavy atom. The predicted octanol–water partition coefficient (Wildman–Crippen LogP) is 5.89. The summed E-state index contributed by atoms with van der Waals surface area (Å²) in [5.41, 5.74) is -4.51. The molecule has 0 bridgehead atoms. The number of benzene rings is 1. The summed E-state index contributed by atoms with van der Waals surface area (Å²) < 4.78 is 0. The molecule has 0 aliphatic heterocycles. The number of aromatic hydroxyl groups is 1. The van der Waals surface area contributed by atoms with E-state index in [1.54, 1.807) is 13.0 Å². The van der Waals surface area contributed by atoms with Gasteiger partial charge in [0.1, 0.15) is 22.8 Å². The maximum atomic E-state index is 14.1. The van der Waals surface area contributed by atoms with Gasteiger partial charge in [-0.15, -0.1) is 0 Å². The van der Waals surface area contributed by atoms with Crippen LogP contribution in [-0.2, 0) is 16.0 Å². The highest BCUT2D eigenvalue weighted by Gasteiger charge is 2.71. The monoisotopic (exact) mass is 538 g/mol. The Kier molecular flexibility index (Phi) is 6.55. The van der Waals surface area contributed by atoms with E-state index in [0.717, 1.165) is 5.56 Å². The van der Waals surface area contributed by atoms with Gasteiger partial charge in [0.25, 0.3) is 0 Å². The lowest BCUT2D eigenvalue weighted by Gasteiger charge is -2.59. The highest BCUT2D eigenvalue weighted by atomic mass is 16.3. The summed E-state index contributed by atoms with van der Waals surface area (Å²) >= 11 is 0. The van der Waals surface area contributed by atoms with Gasteiger partial charge in [-0.3, -0.25) is 14.4 Å². The van der Waals surface area contributed by atoms with Crippen LogP contribution in [0, 0.1) is 28.1 Å². The normalized spacial score (nSPS) is 31.0. The lowest BCUT2D eigenvalue weighted by molar-refractivity contribution is -0.171. The summed E-state index contributed by atoms with van der Waals surface area (Å²) in [6.07, 6.45) is 0.330. The number of carbonyl (C=O) groups excluding carboxylic acids is 3. The van der Waals surface area contributed by atoms with Gasteiger partial charge in [0, 0.05) is 28.7 Å². The molecule has 0 saturated carbocycles. The van der Waals surface area contributed by atoms with Crippen molar-refractivity contribution in [1.29, 1.82) is 0 Å². The van der Waals surface area contributed by atoms with Crippen LogP contribution in [0.15, 0.2) is 34.8 Å². The molecule has 39 heavy (non-hydrogen) atoms. The molecule has 1 unspecified atom stereocenters. The number of ketones is 3. The number of carbonyl (C=O) groups is 3. The van der Waals surface area contributed by atoms with E-state index in [1.165, 1.54) is 6.07 Å². The second kappa shape index (κ2) is 8.79. The molecule has 0 heterocycles. The van der Waals surface area contributed by atoms with Crippen molar-refractivity contribution < 1.29 is 34.8 Å². The summed E-state index contributed by atoms with van der Waals surface area (Å²) in [6, 6.07) is 3.26. The van der Waals surface area contributed by atoms with Crippen molar-refractivity contribution in [2.24, 2.45) is 28.1 Å². The first-order valence-electron chi connectivity index (χ1n) is 13.8. The number of aliphatic hydroxyl groups is 3. The molecule has 0 saturated heterocycles. The van der Waals surface area contributed by atoms with Crippen LogP contribution in [0.3, 0.4) is 0 Å². The minimum atomic E-state index is -2.61. The minimum absolute atomic E-state index is 0.0526. The van der Waals surface area contributed by atoms with Gasteiger partial charge in [-0.1, -0.05) is 68.4 Å². The molecule has 0 aromatic heterocycles. The molecular weight excluding hydrogens is 496 g/mol. The topological polar surface area (TPSA) is 132 Å². The van der Waals surface area contributed by atoms with Gasteiger partial charge in [0.05, 0.1) is 5.56 Å². The van der Waals surface area contributed by atoms with E-state index in [1.807, 2.05) is 55.4 Å². The van der Waals surface area contributed by atoms with Gasteiger partial charge in [0.2, 0.25) is 5.78 Å². The molecule has 7 heteroatoms. The Labute approximate surface area is 230 Å². The molecule has 1 aromatic rings. The predicted molar refractivity (Wildman–Crippen MR) is 148 cm³/mol. The zero-order valence-electron chi connectivity index (χ0n) is 24.5. The Hall–Kier alpha value is -2.93. The number of phenols is 1. The first-order chi connectivity index (χ1) is 17.7. The number of phenolic OH excluding ortho intramolecular Hbond substituents is 1. The first-order valence-corrected chi connectivity index (χ1v) is 13.8. The van der Waals surface area contributed by atoms with E-state index >= 15 is 0 Å². The van der Waals surface area contributed by atoms with E-state index in [0.29, 0.717) is 12.0 Å². The van der Waals surface area contributed by atoms with Crippen LogP contribution < -0.4 is 0 Å². The molecular formula is C32H42O7. The van der Waals surface area contributed by atoms with Crippen molar-refractivity contribution in [2.45, 2.75) is 93.1 Å². The Morgan fingerprint density at radius 2 is 1.64 bits per heavy atom. The molecule has 7 nitrogen and oxygen atoms in total. The Bertz CT molecular complexity index is 1350. The van der Waals surface area contributed by atoms with Crippen LogP contribution in [0.2, 0.25) is 0 Å². The maximum Gasteiger partial charge on any atom is 0.209 e. The third-order valence-electron chi connectivity index (χ3n) is 9.17. The largest absolute Gasteiger partial charge is 0.511 e. The third-order valence-corrected chi connectivity index (χ3v) is 9.17. The molecule has 4 rings (SSSR count). The summed E-state index contributed by atoms with van der Waals surface area (Å²) in [4.78, 5) is 41.5. The number of hydrogen-bond donors (Lipinski definition) is 4. The zero-order valence-corrected chi connectivity index (χ0v) is 24.5. The van der Waals surface area contributed by atoms with Crippen molar-refractivity contribution >= 4 is 17.3 Å². The van der Waals surface area contributed by atoms with Gasteiger partial charge in [-0.25, -0.2) is 0 Å². The second-order valence-electron chi connectivity index (χ2n) is 14.2. The van der Waals surface area contributed by atoms with E-state index < -0.39 is 56.4 Å². The van der Waals surface area contributed by atoms with Gasteiger partial charge < -0.3 is 20.4 Å². The second-order valence-corrected chi connectivity index (χ2v) is 14.2. The molecule has 0 fully saturated rings. The number of fused-ring (bicyclic) bond motifs is 3. The minimum Gasteiger partial charge on any atom is -0.511 e. The fourth-order valence-corrected chi connectivity index (χ4v) is 7.80. The highest BCUT2D eigenvalue weighted by molar-refractivity contribution is 6.26. The van der Waals surface area contributed by atoms with Crippen molar-refractivity contribution in [3.63, 3.8) is 0 Å². The van der Waals surface area contributed by atoms with Gasteiger partial charge in [0.15, 0.2) is 17.2 Å². The molecule has 1 aromatic carbocycles. The van der Waals surface area contributed by atoms with Crippen LogP contribution in [0.4, 0.5) is 0 Å². The van der Waals surface area contributed by atoms with E-state index in [4.69, 9.17) is 0 Å². The molecule has 3 aliphatic carbocycles. The molecule has 0 radical (unpaired) electrons. The van der Waals surface area contributed by atoms with Gasteiger partial charge in [-0.05, 0) is 47.3 Å². The molecule has 212 valence electrons. The van der Waals surface area contributed by atoms with Gasteiger partial charge >= 0.3 is 0 Å². The number of Topliss-reactive ketones (excluding diaryl/α,β-unsaturated/α-hetero) is 3. The SMILES string of the molecule is CC(C)c1ccc(O)c2c1C[C@]1(C)C[C@]3(C)C(C(C)C)C(O)=C(C(=O)CC(C)(C)C)C(=O)[C@]3(O)C(O)=C1C2=O. The smallest absolute Gasteiger partial charge is 0.209 e. The van der Waals surface area contributed by atoms with Crippen molar-refractivity contribution in [3.05, 3.63) is 51.5 Å². The molecule has 3 aliphatic rings. The van der Waals surface area contributed by atoms with E-state index in [-0.39, 0.29) is 47.3 Å². The van der Waals surface area contributed by atoms with Crippen LogP contribution in [0.5, 0.6) is 5.75 Å². The lowest BCUT2D eigenvalue weighted by atomic mass is 9.44. The number of allylic oxidation sites excluding steroid dienone is 2. The molecule has 4 N–H and O–H groups in total. The first kappa shape index (κ1) is 29.1. The van der Waals surface area contributed by atoms with Crippen LogP contribution >= 0.6 is 0 Å². The average Bonchev–Trinajstić information content (AvgIpc) is 2.74. The summed E-state index contributed by atoms with van der Waals surface area (Å²) in [5.74, 6) is -4.80. The van der Waals surface area contributed by atoms with E-state index in [9.17, 15) is 34.8 Å². The number of hydrogen-bond acceptors (Lipinski definition) is 7. The van der Waals surface area contributed by atoms with Crippen molar-refractivity contribution in [1.82, 2.24) is 0 Å². The van der Waals surface area contributed by atoms with Crippen molar-refractivity contribution in [3.8, 4) is 5.75 Å². The Balaban J connectivity index is 2.04. The summed E-state index contributed by atoms with van der Waals surface area (Å²) in [6.45, 7) is 16.6. The quantitative estimate of drug-likeness (QED) is 0.352. The van der Waals surface area contributed by atoms with Gasteiger partial charge in [-0.2, -0.15) is 0 Å². The zero-order chi connectivity index (χ0) is 29.6. The van der Waals surface area contributed by atoms with Crippen LogP contribution in [0.25, 0.3) is 0 Å². The number of aliphatic hydroxyl groups excluding tert-OH is 2. The maximum absolute atomic E-state index is 14.1. The van der Waals surface area contributed by atoms with E-state index in [2.05, 4.69) is 0 Å². The van der Waals surface area contributed by atoms with Crippen LogP contribution in [0.1, 0.15) is 103 Å². The highest BCUT2D eigenvalue weighted by Crippen LogP contribution is 2.65. The molecule has 4 atom stereocenters. The average molecular weight is 539 g/mol. The molecule has 0 spiro atoms. The Morgan fingerprint density at radius 1 is 1.05 bits per heavy atom. The molecule has 0 amide bonds. The standard InChI is InChI=1S/C32H42O7/c1-15(2)17-10-11-19(33)21-18(17)12-30(8)14-31(9)23(16(3)4)26(36)22(20(34)13-29(5,6)7)27(37)32(31,39)28(38)24(30)25(21)35/h10-11,15-16,23,33,36,38-39H,12-14H2,1-9H3/t23?,30-,31-,32+/m1/s1.